The highest BCUT2D eigenvalue weighted by molar-refractivity contribution is 6.31. The number of imidazole rings is 1. The summed E-state index contributed by atoms with van der Waals surface area (Å²) in [6.07, 6.45) is 0. The fourth-order valence-corrected chi connectivity index (χ4v) is 2.43. The molecule has 1 unspecified atom stereocenters. The van der Waals surface area contributed by atoms with Crippen molar-refractivity contribution in [1.29, 1.82) is 0 Å². The molecular formula is C14H18Cl2FN3. The molecule has 1 atom stereocenters. The summed E-state index contributed by atoms with van der Waals surface area (Å²) in [5, 5.41) is -0.132. The lowest BCUT2D eigenvalue weighted by molar-refractivity contribution is 0.335. The van der Waals surface area contributed by atoms with Crippen LogP contribution in [0, 0.1) is 5.82 Å². The van der Waals surface area contributed by atoms with Crippen LogP contribution in [0.25, 0.3) is 11.0 Å². The van der Waals surface area contributed by atoms with Gasteiger partial charge in [0.25, 0.3) is 0 Å². The summed E-state index contributed by atoms with van der Waals surface area (Å²) in [5.74, 6) is 0.288. The molecule has 6 heteroatoms. The minimum Gasteiger partial charge on any atom is -0.325 e. The first-order valence-corrected chi connectivity index (χ1v) is 7.43. The highest BCUT2D eigenvalue weighted by Gasteiger charge is 2.17. The van der Waals surface area contributed by atoms with E-state index in [2.05, 4.69) is 23.9 Å². The van der Waals surface area contributed by atoms with Gasteiger partial charge in [-0.2, -0.15) is 0 Å². The van der Waals surface area contributed by atoms with Crippen molar-refractivity contribution < 1.29 is 4.39 Å². The zero-order valence-corrected chi connectivity index (χ0v) is 13.3. The van der Waals surface area contributed by atoms with Gasteiger partial charge in [0.05, 0.1) is 21.4 Å². The van der Waals surface area contributed by atoms with E-state index in [0.717, 1.165) is 31.0 Å². The van der Waals surface area contributed by atoms with Gasteiger partial charge in [0.1, 0.15) is 11.6 Å². The Morgan fingerprint density at radius 3 is 2.75 bits per heavy atom. The standard InChI is InChI=1S/C14H18Cl2FN3/c1-4-19(3)5-6-20-13-7-10(16)11(17)8-12(13)18-14(20)9(2)15/h7-9H,4-6H2,1-3H3. The Balaban J connectivity index is 2.47. The molecule has 3 nitrogen and oxygen atoms in total. The summed E-state index contributed by atoms with van der Waals surface area (Å²) in [6, 6.07) is 2.98. The van der Waals surface area contributed by atoms with Gasteiger partial charge in [0.15, 0.2) is 0 Å². The normalized spacial score (nSPS) is 13.3. The number of likely N-dealkylation sites (N-methyl/N-ethyl adjacent to an activating group) is 1. The molecule has 0 spiro atoms. The van der Waals surface area contributed by atoms with Crippen LogP contribution >= 0.6 is 23.2 Å². The van der Waals surface area contributed by atoms with Crippen molar-refractivity contribution in [2.24, 2.45) is 0 Å². The van der Waals surface area contributed by atoms with Crippen molar-refractivity contribution in [1.82, 2.24) is 14.5 Å². The number of benzene rings is 1. The van der Waals surface area contributed by atoms with Crippen LogP contribution in [0.2, 0.25) is 5.02 Å². The van der Waals surface area contributed by atoms with Crippen LogP contribution in [0.3, 0.4) is 0 Å². The Kier molecular flexibility index (Phi) is 4.89. The summed E-state index contributed by atoms with van der Waals surface area (Å²) < 4.78 is 15.6. The fraction of sp³-hybridized carbons (Fsp3) is 0.500. The minimum atomic E-state index is -0.455. The van der Waals surface area contributed by atoms with Gasteiger partial charge >= 0.3 is 0 Å². The number of alkyl halides is 1. The first-order chi connectivity index (χ1) is 9.43. The number of fused-ring (bicyclic) bond motifs is 1. The molecule has 0 fully saturated rings. The maximum absolute atomic E-state index is 13.5. The molecule has 0 bridgehead atoms. The van der Waals surface area contributed by atoms with Gasteiger partial charge in [0.2, 0.25) is 0 Å². The minimum absolute atomic E-state index is 0.108. The molecule has 1 aromatic carbocycles. The molecule has 0 aliphatic rings. The lowest BCUT2D eigenvalue weighted by Gasteiger charge is -2.16. The molecule has 0 radical (unpaired) electrons. The zero-order chi connectivity index (χ0) is 14.9. The van der Waals surface area contributed by atoms with Gasteiger partial charge in [0, 0.05) is 19.2 Å². The highest BCUT2D eigenvalue weighted by Crippen LogP contribution is 2.28. The number of halogens is 3. The maximum Gasteiger partial charge on any atom is 0.144 e. The molecule has 0 amide bonds. The van der Waals surface area contributed by atoms with E-state index in [0.29, 0.717) is 5.52 Å². The van der Waals surface area contributed by atoms with Gasteiger partial charge in [-0.15, -0.1) is 11.6 Å². The molecule has 110 valence electrons. The Morgan fingerprint density at radius 1 is 1.45 bits per heavy atom. The van der Waals surface area contributed by atoms with Gasteiger partial charge in [-0.25, -0.2) is 9.37 Å². The topological polar surface area (TPSA) is 21.1 Å². The van der Waals surface area contributed by atoms with E-state index in [9.17, 15) is 4.39 Å². The molecule has 1 heterocycles. The monoisotopic (exact) mass is 317 g/mol. The Bertz CT molecular complexity index is 610. The molecule has 20 heavy (non-hydrogen) atoms. The molecule has 2 aromatic rings. The molecule has 0 saturated heterocycles. The van der Waals surface area contributed by atoms with E-state index in [1.807, 2.05) is 11.5 Å². The van der Waals surface area contributed by atoms with Crippen LogP contribution in [0.1, 0.15) is 25.0 Å². The van der Waals surface area contributed by atoms with Crippen LogP contribution in [0.15, 0.2) is 12.1 Å². The van der Waals surface area contributed by atoms with Crippen molar-refractivity contribution in [2.45, 2.75) is 25.8 Å². The van der Waals surface area contributed by atoms with E-state index in [4.69, 9.17) is 23.2 Å². The third-order valence-corrected chi connectivity index (χ3v) is 3.91. The van der Waals surface area contributed by atoms with E-state index < -0.39 is 5.82 Å². The average molecular weight is 318 g/mol. The molecule has 0 aliphatic carbocycles. The number of rotatable bonds is 5. The van der Waals surface area contributed by atoms with Crippen LogP contribution in [0.5, 0.6) is 0 Å². The quantitative estimate of drug-likeness (QED) is 0.775. The molecule has 0 aliphatic heterocycles. The summed E-state index contributed by atoms with van der Waals surface area (Å²) in [5.41, 5.74) is 1.41. The number of hydrogen-bond acceptors (Lipinski definition) is 2. The summed E-state index contributed by atoms with van der Waals surface area (Å²) >= 11 is 12.1. The van der Waals surface area contributed by atoms with Crippen molar-refractivity contribution in [3.8, 4) is 0 Å². The van der Waals surface area contributed by atoms with Crippen molar-refractivity contribution in [3.05, 3.63) is 28.8 Å². The number of nitrogens with zero attached hydrogens (tertiary/aromatic N) is 3. The SMILES string of the molecule is CCN(C)CCn1c(C(C)Cl)nc2cc(F)c(Cl)cc21. The predicted octanol–water partition coefficient (Wildman–Crippen LogP) is 4.08. The Labute approximate surface area is 128 Å². The molecule has 0 saturated carbocycles. The lowest BCUT2D eigenvalue weighted by atomic mass is 10.3. The van der Waals surface area contributed by atoms with Crippen molar-refractivity contribution in [2.75, 3.05) is 20.1 Å². The Morgan fingerprint density at radius 2 is 2.15 bits per heavy atom. The first kappa shape index (κ1) is 15.5. The lowest BCUT2D eigenvalue weighted by Crippen LogP contribution is -2.23. The van der Waals surface area contributed by atoms with E-state index in [1.165, 1.54) is 6.07 Å². The molecule has 2 rings (SSSR count). The van der Waals surface area contributed by atoms with Gasteiger partial charge < -0.3 is 9.47 Å². The second-order valence-corrected chi connectivity index (χ2v) is 5.95. The van der Waals surface area contributed by atoms with Crippen molar-refractivity contribution in [3.63, 3.8) is 0 Å². The fourth-order valence-electron chi connectivity index (χ4n) is 2.11. The van der Waals surface area contributed by atoms with Crippen LogP contribution in [0.4, 0.5) is 4.39 Å². The van der Waals surface area contributed by atoms with E-state index in [1.54, 1.807) is 6.07 Å². The van der Waals surface area contributed by atoms with Crippen LogP contribution in [-0.4, -0.2) is 34.6 Å². The average Bonchev–Trinajstić information content (AvgIpc) is 2.74. The number of hydrogen-bond donors (Lipinski definition) is 0. The number of aromatic nitrogens is 2. The zero-order valence-electron chi connectivity index (χ0n) is 11.8. The van der Waals surface area contributed by atoms with Crippen LogP contribution < -0.4 is 0 Å². The molecule has 1 aromatic heterocycles. The van der Waals surface area contributed by atoms with Gasteiger partial charge in [-0.3, -0.25) is 0 Å². The van der Waals surface area contributed by atoms with Crippen molar-refractivity contribution >= 4 is 34.2 Å². The molecular weight excluding hydrogens is 300 g/mol. The summed E-state index contributed by atoms with van der Waals surface area (Å²) in [6.45, 7) is 6.54. The third kappa shape index (κ3) is 3.08. The predicted molar refractivity (Wildman–Crippen MR) is 82.1 cm³/mol. The summed E-state index contributed by atoms with van der Waals surface area (Å²) in [4.78, 5) is 6.63. The van der Waals surface area contributed by atoms with Crippen LogP contribution in [-0.2, 0) is 6.54 Å². The van der Waals surface area contributed by atoms with E-state index in [-0.39, 0.29) is 10.4 Å². The first-order valence-electron chi connectivity index (χ1n) is 6.61. The van der Waals surface area contributed by atoms with Gasteiger partial charge in [-0.1, -0.05) is 18.5 Å². The van der Waals surface area contributed by atoms with E-state index >= 15 is 0 Å². The third-order valence-electron chi connectivity index (χ3n) is 3.42. The smallest absolute Gasteiger partial charge is 0.144 e. The second kappa shape index (κ2) is 6.29. The highest BCUT2D eigenvalue weighted by atomic mass is 35.5. The molecule has 0 N–H and O–H groups in total. The Hall–Kier alpha value is -0.840. The largest absolute Gasteiger partial charge is 0.325 e. The summed E-state index contributed by atoms with van der Waals surface area (Å²) in [7, 11) is 2.05. The maximum atomic E-state index is 13.5. The van der Waals surface area contributed by atoms with Gasteiger partial charge in [-0.05, 0) is 26.6 Å². The second-order valence-electron chi connectivity index (χ2n) is 4.89.